The van der Waals surface area contributed by atoms with Crippen molar-refractivity contribution < 1.29 is 43.2 Å². The Hall–Kier alpha value is -1.15. The van der Waals surface area contributed by atoms with Crippen molar-refractivity contribution in [3.8, 4) is 0 Å². The first-order valence-electron chi connectivity index (χ1n) is 2.36. The Kier molecular flexibility index (Phi) is 3.64. The van der Waals surface area contributed by atoms with Gasteiger partial charge >= 0.3 is 11.9 Å². The maximum absolute atomic E-state index is 10.2. The van der Waals surface area contributed by atoms with E-state index >= 15 is 0 Å². The standard InChI is InChI=1S/C4H3ClO7/c6-3(7)1-2-4(8)12-5(9,10)11/h1-2H,(H,6,7)/b2-1-. The third-order valence-electron chi connectivity index (χ3n) is 0.533. The maximum atomic E-state index is 10.2. The topological polar surface area (TPSA) is 133 Å². The zero-order valence-corrected chi connectivity index (χ0v) is 6.19. The maximum Gasteiger partial charge on any atom is 0.487 e. The van der Waals surface area contributed by atoms with E-state index in [1.54, 1.807) is 0 Å². The van der Waals surface area contributed by atoms with Gasteiger partial charge in [-0.05, 0) is 4.29 Å². The van der Waals surface area contributed by atoms with E-state index in [0.717, 1.165) is 0 Å². The van der Waals surface area contributed by atoms with Crippen LogP contribution in [0.4, 0.5) is 0 Å². The van der Waals surface area contributed by atoms with Gasteiger partial charge in [0.1, 0.15) is 10.2 Å². The van der Waals surface area contributed by atoms with Gasteiger partial charge < -0.3 is 5.11 Å². The van der Waals surface area contributed by atoms with Crippen molar-refractivity contribution in [2.24, 2.45) is 0 Å². The predicted molar refractivity (Wildman–Crippen MR) is 22.9 cm³/mol. The van der Waals surface area contributed by atoms with Crippen LogP contribution in [0, 0.1) is 10.2 Å². The molecule has 0 fully saturated rings. The van der Waals surface area contributed by atoms with Gasteiger partial charge in [-0.25, -0.2) is 9.59 Å². The molecule has 0 bridgehead atoms. The van der Waals surface area contributed by atoms with Crippen LogP contribution >= 0.6 is 0 Å². The number of carbonyl (C=O) groups excluding carboxylic acids is 1. The fourth-order valence-electron chi connectivity index (χ4n) is 0.258. The second kappa shape index (κ2) is 4.02. The summed E-state index contributed by atoms with van der Waals surface area (Å²) in [6.07, 6.45) is 0.633. The second-order valence-electron chi connectivity index (χ2n) is 1.45. The van der Waals surface area contributed by atoms with Crippen LogP contribution in [0.3, 0.4) is 0 Å². The highest BCUT2D eigenvalue weighted by Crippen LogP contribution is 1.90. The van der Waals surface area contributed by atoms with Crippen molar-refractivity contribution in [3.63, 3.8) is 0 Å². The van der Waals surface area contributed by atoms with Gasteiger partial charge in [0, 0.05) is 12.2 Å². The van der Waals surface area contributed by atoms with Crippen molar-refractivity contribution in [3.05, 3.63) is 12.2 Å². The monoisotopic (exact) mass is 198 g/mol. The zero-order valence-electron chi connectivity index (χ0n) is 5.43. The molecule has 0 saturated heterocycles. The molecule has 0 aromatic heterocycles. The van der Waals surface area contributed by atoms with Gasteiger partial charge in [-0.1, -0.05) is 0 Å². The van der Waals surface area contributed by atoms with Gasteiger partial charge in [0.2, 0.25) is 0 Å². The van der Waals surface area contributed by atoms with E-state index in [4.69, 9.17) is 5.11 Å². The summed E-state index contributed by atoms with van der Waals surface area (Å²) in [4.78, 5) is 19.9. The van der Waals surface area contributed by atoms with Crippen LogP contribution in [-0.4, -0.2) is 17.0 Å². The largest absolute Gasteiger partial charge is 0.487 e. The van der Waals surface area contributed by atoms with Crippen LogP contribution in [0.25, 0.3) is 0 Å². The SMILES string of the molecule is O=C(O)/C=C\C(=O)O[Cl+3]([O-])([O-])[O-]. The first kappa shape index (κ1) is 10.8. The summed E-state index contributed by atoms with van der Waals surface area (Å²) in [6.45, 7) is 0. The van der Waals surface area contributed by atoms with Gasteiger partial charge in [0.05, 0.1) is 0 Å². The molecule has 1 N–H and O–H groups in total. The van der Waals surface area contributed by atoms with E-state index in [0.29, 0.717) is 12.2 Å². The summed E-state index contributed by atoms with van der Waals surface area (Å²) < 4.78 is 32.2. The molecule has 0 aliphatic rings. The molecule has 0 radical (unpaired) electrons. The Morgan fingerprint density at radius 3 is 2.08 bits per heavy atom. The third kappa shape index (κ3) is 6.96. The predicted octanol–water partition coefficient (Wildman–Crippen LogP) is -3.93. The van der Waals surface area contributed by atoms with Gasteiger partial charge in [-0.3, -0.25) is 0 Å². The van der Waals surface area contributed by atoms with Crippen molar-refractivity contribution in [1.82, 2.24) is 0 Å². The highest BCUT2D eigenvalue weighted by molar-refractivity contribution is 5.90. The number of carboxylic acids is 1. The lowest BCUT2D eigenvalue weighted by atomic mass is 10.5. The van der Waals surface area contributed by atoms with Crippen LogP contribution in [0.1, 0.15) is 0 Å². The molecule has 0 aromatic carbocycles. The van der Waals surface area contributed by atoms with Crippen LogP contribution < -0.4 is 14.0 Å². The third-order valence-corrected chi connectivity index (χ3v) is 0.874. The van der Waals surface area contributed by atoms with Gasteiger partial charge in [0.25, 0.3) is 0 Å². The molecule has 8 heteroatoms. The molecule has 68 valence electrons. The fourth-order valence-corrected chi connectivity index (χ4v) is 0.496. The Morgan fingerprint density at radius 2 is 1.75 bits per heavy atom. The second-order valence-corrected chi connectivity index (χ2v) is 2.36. The van der Waals surface area contributed by atoms with Crippen molar-refractivity contribution in [2.75, 3.05) is 0 Å². The molecule has 0 aliphatic carbocycles. The van der Waals surface area contributed by atoms with Crippen LogP contribution in [0.15, 0.2) is 12.2 Å². The smallest absolute Gasteiger partial charge is 0.478 e. The molecular formula is C4H3ClO7. The molecule has 0 aromatic rings. The summed E-state index contributed by atoms with van der Waals surface area (Å²) in [5.41, 5.74) is 0. The molecule has 0 heterocycles. The Balaban J connectivity index is 3.99. The van der Waals surface area contributed by atoms with E-state index in [1.807, 2.05) is 0 Å². The number of hydrogen-bond acceptors (Lipinski definition) is 6. The Morgan fingerprint density at radius 1 is 1.25 bits per heavy atom. The summed E-state index contributed by atoms with van der Waals surface area (Å²) in [6, 6.07) is 0. The highest BCUT2D eigenvalue weighted by atomic mass is 35.7. The van der Waals surface area contributed by atoms with E-state index in [-0.39, 0.29) is 0 Å². The lowest BCUT2D eigenvalue weighted by Gasteiger charge is -2.09. The molecular weight excluding hydrogens is 195 g/mol. The number of aliphatic carboxylic acids is 1. The van der Waals surface area contributed by atoms with E-state index in [2.05, 4.69) is 4.29 Å². The summed E-state index contributed by atoms with van der Waals surface area (Å²) in [5.74, 6) is -3.03. The average Bonchev–Trinajstić information content (AvgIpc) is 1.79. The molecule has 12 heavy (non-hydrogen) atoms. The lowest BCUT2D eigenvalue weighted by molar-refractivity contribution is -1.92. The molecule has 0 saturated carbocycles. The van der Waals surface area contributed by atoms with Crippen molar-refractivity contribution in [1.29, 1.82) is 0 Å². The minimum absolute atomic E-state index is 0.296. The summed E-state index contributed by atoms with van der Waals surface area (Å²) in [7, 11) is -4.85. The summed E-state index contributed by atoms with van der Waals surface area (Å²) in [5, 5.41) is 7.94. The van der Waals surface area contributed by atoms with Gasteiger partial charge in [0.15, 0.2) is 0 Å². The Labute approximate surface area is 68.2 Å². The molecule has 0 aliphatic heterocycles. The molecule has 0 spiro atoms. The van der Waals surface area contributed by atoms with E-state index in [1.165, 1.54) is 0 Å². The minimum Gasteiger partial charge on any atom is -0.478 e. The van der Waals surface area contributed by atoms with Gasteiger partial charge in [-0.15, -0.1) is 0 Å². The molecule has 0 atom stereocenters. The number of halogens is 1. The van der Waals surface area contributed by atoms with Crippen LogP contribution in [0.2, 0.25) is 0 Å². The van der Waals surface area contributed by atoms with E-state index in [9.17, 15) is 23.6 Å². The van der Waals surface area contributed by atoms with Gasteiger partial charge in [-0.2, -0.15) is 14.0 Å². The highest BCUT2D eigenvalue weighted by Gasteiger charge is 2.23. The van der Waals surface area contributed by atoms with Crippen LogP contribution in [0.5, 0.6) is 0 Å². The molecule has 0 rings (SSSR count). The first-order chi connectivity index (χ1) is 5.31. The average molecular weight is 199 g/mol. The Bertz CT molecular complexity index is 214. The van der Waals surface area contributed by atoms with E-state index < -0.39 is 22.2 Å². The quantitative estimate of drug-likeness (QED) is 0.458. The van der Waals surface area contributed by atoms with Crippen LogP contribution in [-0.2, 0) is 13.9 Å². The normalized spacial score (nSPS) is 11.6. The lowest BCUT2D eigenvalue weighted by Crippen LogP contribution is -2.61. The summed E-state index contributed by atoms with van der Waals surface area (Å²) >= 11 is 0. The fraction of sp³-hybridized carbons (Fsp3) is 0. The number of rotatable bonds is 3. The van der Waals surface area contributed by atoms with Crippen molar-refractivity contribution >= 4 is 11.9 Å². The number of carboxylic acid groups (broad SMARTS) is 1. The number of hydrogen-bond donors (Lipinski definition) is 1. The first-order valence-corrected chi connectivity index (χ1v) is 3.60. The minimum atomic E-state index is -4.85. The molecule has 0 unspecified atom stereocenters. The number of carbonyl (C=O) groups is 2. The van der Waals surface area contributed by atoms with Crippen molar-refractivity contribution in [2.45, 2.75) is 0 Å². The molecule has 7 nitrogen and oxygen atoms in total. The molecule has 0 amide bonds. The zero-order chi connectivity index (χ0) is 9.78.